The van der Waals surface area contributed by atoms with Gasteiger partial charge in [0, 0.05) is 26.1 Å². The van der Waals surface area contributed by atoms with Gasteiger partial charge in [0.05, 0.1) is 36.5 Å². The number of fused-ring (bicyclic) bond motifs is 1. The summed E-state index contributed by atoms with van der Waals surface area (Å²) >= 11 is 0. The summed E-state index contributed by atoms with van der Waals surface area (Å²) in [5.74, 6) is -2.14. The van der Waals surface area contributed by atoms with Gasteiger partial charge in [0.2, 0.25) is 11.8 Å². The Kier molecular flexibility index (Phi) is 5.41. The summed E-state index contributed by atoms with van der Waals surface area (Å²) < 4.78 is 5.50. The largest absolute Gasteiger partial charge is 0.394 e. The third-order valence-electron chi connectivity index (χ3n) is 6.14. The van der Waals surface area contributed by atoms with E-state index in [0.717, 1.165) is 4.90 Å². The molecule has 0 aliphatic carbocycles. The minimum Gasteiger partial charge on any atom is -0.394 e. The van der Waals surface area contributed by atoms with E-state index in [1.807, 2.05) is 4.90 Å². The monoisotopic (exact) mass is 416 g/mol. The Morgan fingerprint density at radius 1 is 1.23 bits per heavy atom. The number of nitrogens with one attached hydrogen (secondary N) is 1. The molecule has 30 heavy (non-hydrogen) atoms. The first-order valence-electron chi connectivity index (χ1n) is 9.89. The van der Waals surface area contributed by atoms with Crippen LogP contribution in [-0.2, 0) is 20.9 Å². The zero-order valence-corrected chi connectivity index (χ0v) is 16.4. The van der Waals surface area contributed by atoms with Gasteiger partial charge in [-0.15, -0.1) is 0 Å². The molecule has 1 aromatic carbocycles. The van der Waals surface area contributed by atoms with E-state index in [9.17, 15) is 24.3 Å². The maximum atomic E-state index is 13.2. The van der Waals surface area contributed by atoms with E-state index >= 15 is 0 Å². The van der Waals surface area contributed by atoms with Gasteiger partial charge in [-0.3, -0.25) is 34.3 Å². The number of ether oxygens (including phenoxy) is 1. The van der Waals surface area contributed by atoms with E-state index in [2.05, 4.69) is 5.32 Å². The zero-order chi connectivity index (χ0) is 21.5. The molecule has 0 radical (unpaired) electrons. The molecule has 0 aromatic heterocycles. The van der Waals surface area contributed by atoms with Crippen LogP contribution in [0.3, 0.4) is 0 Å². The van der Waals surface area contributed by atoms with Crippen molar-refractivity contribution >= 4 is 23.6 Å². The second-order valence-electron chi connectivity index (χ2n) is 7.85. The fourth-order valence-electron chi connectivity index (χ4n) is 4.33. The fraction of sp³-hybridized carbons (Fsp3) is 0.500. The van der Waals surface area contributed by atoms with Gasteiger partial charge in [0.25, 0.3) is 11.8 Å². The molecule has 10 heteroatoms. The van der Waals surface area contributed by atoms with Gasteiger partial charge in [-0.2, -0.15) is 0 Å². The lowest BCUT2D eigenvalue weighted by molar-refractivity contribution is -0.136. The van der Waals surface area contributed by atoms with E-state index in [0.29, 0.717) is 25.3 Å². The predicted octanol–water partition coefficient (Wildman–Crippen LogP) is -1.39. The van der Waals surface area contributed by atoms with Gasteiger partial charge >= 0.3 is 0 Å². The highest BCUT2D eigenvalue weighted by Gasteiger charge is 2.46. The van der Waals surface area contributed by atoms with Gasteiger partial charge in [0.15, 0.2) is 0 Å². The second kappa shape index (κ2) is 7.88. The van der Waals surface area contributed by atoms with Crippen LogP contribution in [0.25, 0.3) is 0 Å². The molecular weight excluding hydrogens is 392 g/mol. The van der Waals surface area contributed by atoms with Crippen LogP contribution in [-0.4, -0.2) is 83.0 Å². The van der Waals surface area contributed by atoms with Crippen LogP contribution in [0.4, 0.5) is 0 Å². The van der Waals surface area contributed by atoms with Crippen molar-refractivity contribution in [3.05, 3.63) is 34.9 Å². The van der Waals surface area contributed by atoms with Crippen molar-refractivity contribution in [2.24, 2.45) is 5.73 Å². The highest BCUT2D eigenvalue weighted by molar-refractivity contribution is 6.24. The molecule has 2 atom stereocenters. The number of hydrogen-bond acceptors (Lipinski definition) is 8. The number of nitrogens with two attached hydrogens (primary N) is 1. The molecule has 160 valence electrons. The standard InChI is InChI=1S/C20H24N4O6/c21-9-20(10-25)11-30-7-6-23(20)8-12-2-1-3-13-16(12)19(29)24(18(13)28)14-4-5-15(26)22-17(14)27/h1-3,14,25H,4-11,21H2,(H,22,26,27). The van der Waals surface area contributed by atoms with Crippen molar-refractivity contribution in [3.63, 3.8) is 0 Å². The minimum atomic E-state index is -1.01. The quantitative estimate of drug-likeness (QED) is 0.498. The van der Waals surface area contributed by atoms with E-state index in [4.69, 9.17) is 10.5 Å². The molecule has 1 aromatic rings. The molecule has 2 fully saturated rings. The number of amides is 4. The average Bonchev–Trinajstić information content (AvgIpc) is 3.00. The maximum absolute atomic E-state index is 13.2. The van der Waals surface area contributed by atoms with E-state index in [1.54, 1.807) is 18.2 Å². The average molecular weight is 416 g/mol. The fourth-order valence-corrected chi connectivity index (χ4v) is 4.33. The lowest BCUT2D eigenvalue weighted by Gasteiger charge is -2.45. The summed E-state index contributed by atoms with van der Waals surface area (Å²) in [4.78, 5) is 52.8. The molecule has 3 aliphatic rings. The molecule has 3 aliphatic heterocycles. The van der Waals surface area contributed by atoms with Crippen molar-refractivity contribution in [1.29, 1.82) is 0 Å². The summed E-state index contributed by atoms with van der Waals surface area (Å²) in [7, 11) is 0. The topological polar surface area (TPSA) is 142 Å². The minimum absolute atomic E-state index is 0.0694. The Labute approximate surface area is 172 Å². The Bertz CT molecular complexity index is 913. The van der Waals surface area contributed by atoms with Gasteiger partial charge < -0.3 is 15.6 Å². The van der Waals surface area contributed by atoms with Crippen LogP contribution in [0.1, 0.15) is 39.1 Å². The third-order valence-corrected chi connectivity index (χ3v) is 6.14. The van der Waals surface area contributed by atoms with Crippen LogP contribution < -0.4 is 11.1 Å². The van der Waals surface area contributed by atoms with Crippen molar-refractivity contribution < 1.29 is 29.0 Å². The van der Waals surface area contributed by atoms with Crippen molar-refractivity contribution in [3.8, 4) is 0 Å². The smallest absolute Gasteiger partial charge is 0.262 e. The number of carbonyl (C=O) groups is 4. The summed E-state index contributed by atoms with van der Waals surface area (Å²) in [6, 6.07) is 4.00. The first-order valence-corrected chi connectivity index (χ1v) is 9.89. The summed E-state index contributed by atoms with van der Waals surface area (Å²) in [6.07, 6.45) is 0.176. The molecule has 2 saturated heterocycles. The Morgan fingerprint density at radius 2 is 2.03 bits per heavy atom. The lowest BCUT2D eigenvalue weighted by Crippen LogP contribution is -2.62. The third kappa shape index (κ3) is 3.21. The van der Waals surface area contributed by atoms with Crippen molar-refractivity contribution in [2.75, 3.05) is 32.9 Å². The molecule has 10 nitrogen and oxygen atoms in total. The molecule has 4 N–H and O–H groups in total. The number of aliphatic hydroxyl groups excluding tert-OH is 1. The van der Waals surface area contributed by atoms with E-state index in [-0.39, 0.29) is 43.7 Å². The highest BCUT2D eigenvalue weighted by Crippen LogP contribution is 2.32. The van der Waals surface area contributed by atoms with Crippen molar-refractivity contribution in [2.45, 2.75) is 31.0 Å². The summed E-state index contributed by atoms with van der Waals surface area (Å²) in [5.41, 5.74) is 6.26. The summed E-state index contributed by atoms with van der Waals surface area (Å²) in [6.45, 7) is 1.52. The van der Waals surface area contributed by atoms with E-state index in [1.165, 1.54) is 0 Å². The summed E-state index contributed by atoms with van der Waals surface area (Å²) in [5, 5.41) is 12.1. The predicted molar refractivity (Wildman–Crippen MR) is 103 cm³/mol. The number of imide groups is 2. The van der Waals surface area contributed by atoms with Gasteiger partial charge in [-0.1, -0.05) is 12.1 Å². The Morgan fingerprint density at radius 3 is 2.73 bits per heavy atom. The number of rotatable bonds is 5. The van der Waals surface area contributed by atoms with Gasteiger partial charge in [-0.25, -0.2) is 0 Å². The molecule has 4 rings (SSSR count). The van der Waals surface area contributed by atoms with Gasteiger partial charge in [-0.05, 0) is 18.1 Å². The van der Waals surface area contributed by atoms with Gasteiger partial charge in [0.1, 0.15) is 6.04 Å². The Hall–Kier alpha value is -2.66. The lowest BCUT2D eigenvalue weighted by atomic mass is 9.95. The molecule has 3 heterocycles. The van der Waals surface area contributed by atoms with E-state index < -0.39 is 35.2 Å². The normalized spacial score (nSPS) is 27.4. The van der Waals surface area contributed by atoms with Crippen LogP contribution in [0, 0.1) is 0 Å². The molecule has 4 amide bonds. The molecule has 2 unspecified atom stereocenters. The molecule has 0 bridgehead atoms. The number of aliphatic hydroxyl groups is 1. The number of piperidine rings is 1. The van der Waals surface area contributed by atoms with Crippen molar-refractivity contribution in [1.82, 2.24) is 15.1 Å². The molecule has 0 saturated carbocycles. The number of nitrogens with zero attached hydrogens (tertiary/aromatic N) is 2. The second-order valence-corrected chi connectivity index (χ2v) is 7.85. The SMILES string of the molecule is NCC1(CO)COCCN1Cc1cccc2c1C(=O)N(C1CCC(=O)NC1=O)C2=O. The number of hydrogen-bond donors (Lipinski definition) is 3. The number of morpholine rings is 1. The van der Waals surface area contributed by atoms with Crippen LogP contribution in [0.5, 0.6) is 0 Å². The molecule has 0 spiro atoms. The molecular formula is C20H24N4O6. The Balaban J connectivity index is 1.65. The highest BCUT2D eigenvalue weighted by atomic mass is 16.5. The first-order chi connectivity index (χ1) is 14.4. The maximum Gasteiger partial charge on any atom is 0.262 e. The number of benzene rings is 1. The van der Waals surface area contributed by atoms with Crippen LogP contribution in [0.15, 0.2) is 18.2 Å². The van der Waals surface area contributed by atoms with Crippen LogP contribution >= 0.6 is 0 Å². The van der Waals surface area contributed by atoms with Crippen LogP contribution in [0.2, 0.25) is 0 Å². The number of carbonyl (C=O) groups excluding carboxylic acids is 4. The first kappa shape index (κ1) is 20.6. The zero-order valence-electron chi connectivity index (χ0n) is 16.4.